The van der Waals surface area contributed by atoms with Crippen molar-refractivity contribution in [2.24, 2.45) is 0 Å². The van der Waals surface area contributed by atoms with Crippen LogP contribution in [0, 0.1) is 5.82 Å². The number of rotatable bonds is 5. The third kappa shape index (κ3) is 4.37. The number of hydrogen-bond donors (Lipinski definition) is 2. The van der Waals surface area contributed by atoms with Crippen LogP contribution in [0.25, 0.3) is 0 Å². The second-order valence-electron chi connectivity index (χ2n) is 5.29. The molecule has 0 saturated heterocycles. The standard InChI is InChI=1S/C16H17FN2O3S/c1-11(2)12-5-9-15(10-6-12)23(21,22)19-18-16(20)13-3-7-14(17)8-4-13/h3-11,19H,1-2H3,(H,18,20). The minimum absolute atomic E-state index is 0.0429. The molecule has 2 rings (SSSR count). The Hall–Kier alpha value is -2.25. The third-order valence-electron chi connectivity index (χ3n) is 3.26. The van der Waals surface area contributed by atoms with E-state index in [2.05, 4.69) is 5.43 Å². The number of carbonyl (C=O) groups is 1. The van der Waals surface area contributed by atoms with Gasteiger partial charge in [0, 0.05) is 5.56 Å². The first-order chi connectivity index (χ1) is 10.8. The minimum Gasteiger partial charge on any atom is -0.273 e. The number of nitrogens with one attached hydrogen (secondary N) is 2. The Kier molecular flexibility index (Phi) is 5.12. The van der Waals surface area contributed by atoms with Gasteiger partial charge in [0.1, 0.15) is 5.82 Å². The highest BCUT2D eigenvalue weighted by molar-refractivity contribution is 7.89. The molecule has 2 aromatic rings. The van der Waals surface area contributed by atoms with Crippen LogP contribution in [0.4, 0.5) is 4.39 Å². The van der Waals surface area contributed by atoms with Gasteiger partial charge in [-0.25, -0.2) is 12.8 Å². The van der Waals surface area contributed by atoms with E-state index in [1.807, 2.05) is 18.7 Å². The van der Waals surface area contributed by atoms with E-state index in [0.29, 0.717) is 0 Å². The first-order valence-corrected chi connectivity index (χ1v) is 8.45. The molecule has 0 aliphatic rings. The van der Waals surface area contributed by atoms with Gasteiger partial charge in [-0.15, -0.1) is 4.83 Å². The van der Waals surface area contributed by atoms with E-state index in [1.54, 1.807) is 12.1 Å². The molecule has 0 radical (unpaired) electrons. The summed E-state index contributed by atoms with van der Waals surface area (Å²) >= 11 is 0. The van der Waals surface area contributed by atoms with Crippen molar-refractivity contribution in [3.63, 3.8) is 0 Å². The summed E-state index contributed by atoms with van der Waals surface area (Å²) in [5, 5.41) is 0. The molecule has 23 heavy (non-hydrogen) atoms. The molecule has 0 fully saturated rings. The number of sulfonamides is 1. The number of benzene rings is 2. The molecule has 2 aromatic carbocycles. The molecule has 0 saturated carbocycles. The fourth-order valence-electron chi connectivity index (χ4n) is 1.88. The van der Waals surface area contributed by atoms with Crippen LogP contribution in [0.2, 0.25) is 0 Å². The first-order valence-electron chi connectivity index (χ1n) is 6.97. The zero-order chi connectivity index (χ0) is 17.0. The number of carbonyl (C=O) groups excluding carboxylic acids is 1. The van der Waals surface area contributed by atoms with Crippen LogP contribution in [0.1, 0.15) is 35.7 Å². The van der Waals surface area contributed by atoms with Gasteiger partial charge in [-0.3, -0.25) is 10.2 Å². The number of hydrogen-bond acceptors (Lipinski definition) is 3. The monoisotopic (exact) mass is 336 g/mol. The normalized spacial score (nSPS) is 11.5. The lowest BCUT2D eigenvalue weighted by Gasteiger charge is -2.10. The van der Waals surface area contributed by atoms with E-state index in [4.69, 9.17) is 0 Å². The fourth-order valence-corrected chi connectivity index (χ4v) is 2.72. The van der Waals surface area contributed by atoms with Gasteiger partial charge in [0.15, 0.2) is 0 Å². The molecule has 1 amide bonds. The first kappa shape index (κ1) is 17.1. The second-order valence-corrected chi connectivity index (χ2v) is 6.97. The summed E-state index contributed by atoms with van der Waals surface area (Å²) in [5.74, 6) is -0.863. The molecule has 2 N–H and O–H groups in total. The van der Waals surface area contributed by atoms with Gasteiger partial charge in [0.2, 0.25) is 0 Å². The zero-order valence-corrected chi connectivity index (χ0v) is 13.5. The predicted molar refractivity (Wildman–Crippen MR) is 84.7 cm³/mol. The Morgan fingerprint density at radius 3 is 2.09 bits per heavy atom. The largest absolute Gasteiger partial charge is 0.273 e. The van der Waals surface area contributed by atoms with E-state index in [-0.39, 0.29) is 16.4 Å². The van der Waals surface area contributed by atoms with Crippen molar-refractivity contribution in [2.75, 3.05) is 0 Å². The summed E-state index contributed by atoms with van der Waals surface area (Å²) in [6.45, 7) is 4.01. The Labute approximate surface area is 134 Å². The Morgan fingerprint density at radius 1 is 1.00 bits per heavy atom. The molecule has 0 unspecified atom stereocenters. The summed E-state index contributed by atoms with van der Waals surface area (Å²) < 4.78 is 37.0. The lowest BCUT2D eigenvalue weighted by molar-refractivity contribution is 0.0945. The van der Waals surface area contributed by atoms with E-state index in [0.717, 1.165) is 17.7 Å². The molecular formula is C16H17FN2O3S. The zero-order valence-electron chi connectivity index (χ0n) is 12.7. The summed E-state index contributed by atoms with van der Waals surface area (Å²) in [5.41, 5.74) is 3.25. The van der Waals surface area contributed by atoms with Gasteiger partial charge in [-0.2, -0.15) is 0 Å². The molecule has 0 aromatic heterocycles. The van der Waals surface area contributed by atoms with Crippen molar-refractivity contribution in [2.45, 2.75) is 24.7 Å². The molecule has 0 bridgehead atoms. The van der Waals surface area contributed by atoms with E-state index in [1.165, 1.54) is 24.3 Å². The van der Waals surface area contributed by atoms with Gasteiger partial charge in [-0.05, 0) is 47.9 Å². The molecule has 0 atom stereocenters. The fraction of sp³-hybridized carbons (Fsp3) is 0.188. The number of hydrazine groups is 1. The van der Waals surface area contributed by atoms with Crippen LogP contribution in [-0.4, -0.2) is 14.3 Å². The van der Waals surface area contributed by atoms with Crippen LogP contribution < -0.4 is 10.3 Å². The van der Waals surface area contributed by atoms with Crippen LogP contribution in [0.3, 0.4) is 0 Å². The smallest absolute Gasteiger partial charge is 0.266 e. The highest BCUT2D eigenvalue weighted by Crippen LogP contribution is 2.17. The predicted octanol–water partition coefficient (Wildman–Crippen LogP) is 2.57. The van der Waals surface area contributed by atoms with Crippen LogP contribution in [0.15, 0.2) is 53.4 Å². The van der Waals surface area contributed by atoms with Crippen molar-refractivity contribution in [1.82, 2.24) is 10.3 Å². The van der Waals surface area contributed by atoms with E-state index < -0.39 is 21.7 Å². The SMILES string of the molecule is CC(C)c1ccc(S(=O)(=O)NNC(=O)c2ccc(F)cc2)cc1. The topological polar surface area (TPSA) is 75.3 Å². The van der Waals surface area contributed by atoms with Crippen LogP contribution >= 0.6 is 0 Å². The van der Waals surface area contributed by atoms with Gasteiger partial charge < -0.3 is 0 Å². The molecule has 122 valence electrons. The maximum Gasteiger partial charge on any atom is 0.266 e. The average Bonchev–Trinajstić information content (AvgIpc) is 2.53. The second kappa shape index (κ2) is 6.89. The molecular weight excluding hydrogens is 319 g/mol. The van der Waals surface area contributed by atoms with Crippen molar-refractivity contribution in [1.29, 1.82) is 0 Å². The molecule has 0 aliphatic heterocycles. The summed E-state index contributed by atoms with van der Waals surface area (Å²) in [6.07, 6.45) is 0. The van der Waals surface area contributed by atoms with Crippen molar-refractivity contribution in [3.8, 4) is 0 Å². The highest BCUT2D eigenvalue weighted by Gasteiger charge is 2.16. The van der Waals surface area contributed by atoms with Crippen molar-refractivity contribution >= 4 is 15.9 Å². The summed E-state index contributed by atoms with van der Waals surface area (Å²) in [6, 6.07) is 11.2. The average molecular weight is 336 g/mol. The van der Waals surface area contributed by atoms with E-state index in [9.17, 15) is 17.6 Å². The van der Waals surface area contributed by atoms with Gasteiger partial charge in [0.25, 0.3) is 15.9 Å². The van der Waals surface area contributed by atoms with E-state index >= 15 is 0 Å². The van der Waals surface area contributed by atoms with Gasteiger partial charge in [0.05, 0.1) is 4.90 Å². The van der Waals surface area contributed by atoms with Crippen molar-refractivity contribution < 1.29 is 17.6 Å². The highest BCUT2D eigenvalue weighted by atomic mass is 32.2. The lowest BCUT2D eigenvalue weighted by atomic mass is 10.0. The van der Waals surface area contributed by atoms with Crippen LogP contribution in [-0.2, 0) is 10.0 Å². The number of amides is 1. The summed E-state index contributed by atoms with van der Waals surface area (Å²) in [4.78, 5) is 13.9. The van der Waals surface area contributed by atoms with Crippen LogP contribution in [0.5, 0.6) is 0 Å². The Morgan fingerprint density at radius 2 is 1.57 bits per heavy atom. The third-order valence-corrected chi connectivity index (χ3v) is 4.53. The molecule has 7 heteroatoms. The molecule has 0 spiro atoms. The maximum absolute atomic E-state index is 12.8. The quantitative estimate of drug-likeness (QED) is 0.824. The summed E-state index contributed by atoms with van der Waals surface area (Å²) in [7, 11) is -3.87. The Bertz CT molecular complexity index is 785. The van der Waals surface area contributed by atoms with Gasteiger partial charge in [-0.1, -0.05) is 26.0 Å². The molecule has 0 aliphatic carbocycles. The van der Waals surface area contributed by atoms with Crippen molar-refractivity contribution in [3.05, 3.63) is 65.5 Å². The minimum atomic E-state index is -3.87. The maximum atomic E-state index is 12.8. The van der Waals surface area contributed by atoms with Gasteiger partial charge >= 0.3 is 0 Å². The lowest BCUT2D eigenvalue weighted by Crippen LogP contribution is -2.41. The Balaban J connectivity index is 2.06. The molecule has 5 nitrogen and oxygen atoms in total. The number of halogens is 1. The molecule has 0 heterocycles.